The third-order valence-corrected chi connectivity index (χ3v) is 6.67. The Morgan fingerprint density at radius 3 is 2.31 bits per heavy atom. The van der Waals surface area contributed by atoms with E-state index in [4.69, 9.17) is 0 Å². The van der Waals surface area contributed by atoms with E-state index in [0.717, 1.165) is 22.6 Å². The molecule has 0 heterocycles. The van der Waals surface area contributed by atoms with Crippen LogP contribution in [0.4, 0.5) is 0 Å². The lowest BCUT2D eigenvalue weighted by Crippen LogP contribution is -2.49. The highest BCUT2D eigenvalue weighted by molar-refractivity contribution is 7.92. The highest BCUT2D eigenvalue weighted by Crippen LogP contribution is 2.19. The fourth-order valence-electron chi connectivity index (χ4n) is 2.49. The quantitative estimate of drug-likeness (QED) is 0.769. The fraction of sp³-hybridized carbons (Fsp3) is 0.368. The molecule has 0 aliphatic heterocycles. The van der Waals surface area contributed by atoms with Crippen LogP contribution in [-0.4, -0.2) is 42.9 Å². The molecule has 2 aromatic rings. The van der Waals surface area contributed by atoms with E-state index >= 15 is 0 Å². The van der Waals surface area contributed by atoms with Gasteiger partial charge in [0.2, 0.25) is 5.91 Å². The molecule has 26 heavy (non-hydrogen) atoms. The summed E-state index contributed by atoms with van der Waals surface area (Å²) in [4.78, 5) is 23.7. The predicted molar refractivity (Wildman–Crippen MR) is 101 cm³/mol. The lowest BCUT2D eigenvalue weighted by molar-refractivity contribution is -0.141. The minimum absolute atomic E-state index is 0.139. The Morgan fingerprint density at radius 2 is 1.73 bits per heavy atom. The second-order valence-electron chi connectivity index (χ2n) is 6.91. The number of carboxylic acid groups (broad SMARTS) is 1. The topological polar surface area (TPSA) is 101 Å². The summed E-state index contributed by atoms with van der Waals surface area (Å²) >= 11 is 0. The van der Waals surface area contributed by atoms with Crippen LogP contribution in [0.1, 0.15) is 19.4 Å². The summed E-state index contributed by atoms with van der Waals surface area (Å²) in [6.45, 7) is 2.47. The van der Waals surface area contributed by atoms with Crippen LogP contribution >= 0.6 is 0 Å². The van der Waals surface area contributed by atoms with E-state index in [0.29, 0.717) is 0 Å². The number of carbonyl (C=O) groups is 2. The molecule has 0 aromatic heterocycles. The minimum Gasteiger partial charge on any atom is -0.481 e. The Kier molecular flexibility index (Phi) is 5.71. The highest BCUT2D eigenvalue weighted by Gasteiger charge is 2.38. The number of amides is 1. The number of carbonyl (C=O) groups excluding carboxylic acids is 1. The molecule has 0 bridgehead atoms. The number of benzene rings is 2. The zero-order valence-corrected chi connectivity index (χ0v) is 15.8. The third kappa shape index (κ3) is 4.40. The molecule has 7 heteroatoms. The maximum absolute atomic E-state index is 12.2. The Balaban J connectivity index is 2.11. The number of sulfone groups is 1. The molecule has 1 amide bonds. The van der Waals surface area contributed by atoms with Gasteiger partial charge in [0.1, 0.15) is 4.75 Å². The SMILES string of the molecule is CC(C)(C(=O)NCC(Cc1ccc2ccccc2c1)C(=O)O)S(C)(=O)=O. The third-order valence-electron chi connectivity index (χ3n) is 4.63. The van der Waals surface area contributed by atoms with Crippen LogP contribution in [0, 0.1) is 5.92 Å². The van der Waals surface area contributed by atoms with Gasteiger partial charge in [-0.05, 0) is 36.6 Å². The first-order valence-corrected chi connectivity index (χ1v) is 10.1. The van der Waals surface area contributed by atoms with Crippen LogP contribution in [0.15, 0.2) is 42.5 Å². The number of nitrogens with one attached hydrogen (secondary N) is 1. The monoisotopic (exact) mass is 377 g/mol. The van der Waals surface area contributed by atoms with Crippen LogP contribution in [-0.2, 0) is 25.8 Å². The van der Waals surface area contributed by atoms with Gasteiger partial charge in [-0.2, -0.15) is 0 Å². The Labute approximate surface area is 153 Å². The van der Waals surface area contributed by atoms with Crippen LogP contribution in [0.25, 0.3) is 10.8 Å². The normalized spacial score (nSPS) is 13.3. The molecule has 0 fully saturated rings. The second kappa shape index (κ2) is 7.45. The van der Waals surface area contributed by atoms with E-state index in [-0.39, 0.29) is 13.0 Å². The van der Waals surface area contributed by atoms with Gasteiger partial charge >= 0.3 is 5.97 Å². The molecule has 0 saturated carbocycles. The molecule has 1 unspecified atom stereocenters. The summed E-state index contributed by atoms with van der Waals surface area (Å²) in [5.41, 5.74) is 0.840. The average molecular weight is 377 g/mol. The molecule has 2 rings (SSSR count). The van der Waals surface area contributed by atoms with E-state index < -0.39 is 32.4 Å². The van der Waals surface area contributed by atoms with Gasteiger partial charge in [0.05, 0.1) is 5.92 Å². The zero-order valence-electron chi connectivity index (χ0n) is 15.0. The molecule has 0 saturated heterocycles. The zero-order chi connectivity index (χ0) is 19.5. The second-order valence-corrected chi connectivity index (χ2v) is 9.48. The molecule has 0 spiro atoms. The van der Waals surface area contributed by atoms with E-state index in [2.05, 4.69) is 5.32 Å². The van der Waals surface area contributed by atoms with Crippen molar-refractivity contribution < 1.29 is 23.1 Å². The summed E-state index contributed by atoms with van der Waals surface area (Å²) in [6.07, 6.45) is 1.22. The molecule has 2 N–H and O–H groups in total. The summed E-state index contributed by atoms with van der Waals surface area (Å²) in [5.74, 6) is -2.60. The molecular weight excluding hydrogens is 354 g/mol. The Morgan fingerprint density at radius 1 is 1.12 bits per heavy atom. The average Bonchev–Trinajstić information content (AvgIpc) is 2.56. The first-order valence-electron chi connectivity index (χ1n) is 8.21. The van der Waals surface area contributed by atoms with Crippen molar-refractivity contribution in [3.63, 3.8) is 0 Å². The van der Waals surface area contributed by atoms with Crippen LogP contribution < -0.4 is 5.32 Å². The van der Waals surface area contributed by atoms with E-state index in [9.17, 15) is 23.1 Å². The van der Waals surface area contributed by atoms with Crippen molar-refractivity contribution in [2.75, 3.05) is 12.8 Å². The summed E-state index contributed by atoms with van der Waals surface area (Å²) in [5, 5.41) is 14.0. The molecule has 1 atom stereocenters. The number of hydrogen-bond donors (Lipinski definition) is 2. The largest absolute Gasteiger partial charge is 0.481 e. The molecule has 0 aliphatic carbocycles. The van der Waals surface area contributed by atoms with Gasteiger partial charge in [0, 0.05) is 12.8 Å². The standard InChI is InChI=1S/C19H23NO5S/c1-19(2,26(3,24)25)18(23)20-12-16(17(21)22)11-13-8-9-14-6-4-5-7-15(14)10-13/h4-10,16H,11-12H2,1-3H3,(H,20,23)(H,21,22). The molecule has 2 aromatic carbocycles. The van der Waals surface area contributed by atoms with Crippen molar-refractivity contribution in [3.05, 3.63) is 48.0 Å². The highest BCUT2D eigenvalue weighted by atomic mass is 32.2. The number of carboxylic acids is 1. The van der Waals surface area contributed by atoms with Gasteiger partial charge < -0.3 is 10.4 Å². The van der Waals surface area contributed by atoms with Crippen molar-refractivity contribution in [2.24, 2.45) is 5.92 Å². The van der Waals surface area contributed by atoms with Crippen LogP contribution in [0.2, 0.25) is 0 Å². The van der Waals surface area contributed by atoms with Crippen molar-refractivity contribution in [2.45, 2.75) is 25.0 Å². The van der Waals surface area contributed by atoms with Gasteiger partial charge in [-0.25, -0.2) is 8.42 Å². The number of hydrogen-bond acceptors (Lipinski definition) is 4. The molecule has 6 nitrogen and oxygen atoms in total. The van der Waals surface area contributed by atoms with Gasteiger partial charge in [-0.3, -0.25) is 9.59 Å². The Hall–Kier alpha value is -2.41. The van der Waals surface area contributed by atoms with Crippen molar-refractivity contribution in [1.82, 2.24) is 5.32 Å². The number of aliphatic carboxylic acids is 1. The summed E-state index contributed by atoms with van der Waals surface area (Å²) in [7, 11) is -3.61. The minimum atomic E-state index is -3.61. The van der Waals surface area contributed by atoms with E-state index in [1.165, 1.54) is 13.8 Å². The van der Waals surface area contributed by atoms with E-state index in [1.54, 1.807) is 0 Å². The van der Waals surface area contributed by atoms with Gasteiger partial charge in [-0.15, -0.1) is 0 Å². The summed E-state index contributed by atoms with van der Waals surface area (Å²) < 4.78 is 21.8. The fourth-order valence-corrected chi connectivity index (χ4v) is 2.90. The smallest absolute Gasteiger partial charge is 0.308 e. The Bertz CT molecular complexity index is 934. The molecular formula is C19H23NO5S. The summed E-state index contributed by atoms with van der Waals surface area (Å²) in [6, 6.07) is 13.5. The van der Waals surface area contributed by atoms with Crippen molar-refractivity contribution >= 4 is 32.5 Å². The molecule has 0 radical (unpaired) electrons. The maximum Gasteiger partial charge on any atom is 0.308 e. The van der Waals surface area contributed by atoms with Gasteiger partial charge in [0.25, 0.3) is 0 Å². The lowest BCUT2D eigenvalue weighted by atomic mass is 9.97. The van der Waals surface area contributed by atoms with Crippen LogP contribution in [0.3, 0.4) is 0 Å². The van der Waals surface area contributed by atoms with Gasteiger partial charge in [0.15, 0.2) is 9.84 Å². The molecule has 140 valence electrons. The number of rotatable bonds is 7. The first-order chi connectivity index (χ1) is 12.0. The van der Waals surface area contributed by atoms with Gasteiger partial charge in [-0.1, -0.05) is 42.5 Å². The first kappa shape index (κ1) is 19.9. The predicted octanol–water partition coefficient (Wildman–Crippen LogP) is 2.02. The maximum atomic E-state index is 12.2. The molecule has 0 aliphatic rings. The number of fused-ring (bicyclic) bond motifs is 1. The van der Waals surface area contributed by atoms with Crippen LogP contribution in [0.5, 0.6) is 0 Å². The van der Waals surface area contributed by atoms with Crippen molar-refractivity contribution in [1.29, 1.82) is 0 Å². The van der Waals surface area contributed by atoms with Crippen molar-refractivity contribution in [3.8, 4) is 0 Å². The van der Waals surface area contributed by atoms with E-state index in [1.807, 2.05) is 42.5 Å². The lowest BCUT2D eigenvalue weighted by Gasteiger charge is -2.23.